The zero-order chi connectivity index (χ0) is 14.9. The van der Waals surface area contributed by atoms with Gasteiger partial charge in [0, 0.05) is 23.6 Å². The van der Waals surface area contributed by atoms with Crippen LogP contribution in [0.1, 0.15) is 19.8 Å². The lowest BCUT2D eigenvalue weighted by molar-refractivity contribution is 0.243. The van der Waals surface area contributed by atoms with E-state index in [0.29, 0.717) is 13.1 Å². The second-order valence-electron chi connectivity index (χ2n) is 5.20. The Morgan fingerprint density at radius 1 is 1.50 bits per heavy atom. The van der Waals surface area contributed by atoms with E-state index in [0.717, 1.165) is 17.3 Å². The van der Waals surface area contributed by atoms with E-state index in [2.05, 4.69) is 15.9 Å². The molecule has 0 spiro atoms. The van der Waals surface area contributed by atoms with Crippen molar-refractivity contribution in [1.82, 2.24) is 4.31 Å². The van der Waals surface area contributed by atoms with E-state index in [-0.39, 0.29) is 21.9 Å². The van der Waals surface area contributed by atoms with Gasteiger partial charge in [0.1, 0.15) is 4.90 Å². The number of nitrogens with two attached hydrogens (primary N) is 1. The Hall–Kier alpha value is -0.140. The maximum atomic E-state index is 12.7. The van der Waals surface area contributed by atoms with E-state index in [4.69, 9.17) is 17.3 Å². The van der Waals surface area contributed by atoms with Crippen molar-refractivity contribution in [2.45, 2.75) is 30.7 Å². The third-order valence-corrected chi connectivity index (χ3v) is 6.52. The minimum absolute atomic E-state index is 0.00612. The van der Waals surface area contributed by atoms with E-state index in [1.165, 1.54) is 10.4 Å². The lowest BCUT2D eigenvalue weighted by Crippen LogP contribution is -2.45. The molecule has 0 radical (unpaired) electrons. The van der Waals surface area contributed by atoms with Crippen LogP contribution in [0.3, 0.4) is 0 Å². The highest BCUT2D eigenvalue weighted by atomic mass is 79.9. The summed E-state index contributed by atoms with van der Waals surface area (Å²) in [5.41, 5.74) is 5.91. The molecule has 0 amide bonds. The van der Waals surface area contributed by atoms with Gasteiger partial charge < -0.3 is 5.73 Å². The molecule has 112 valence electrons. The Morgan fingerprint density at radius 2 is 2.20 bits per heavy atom. The van der Waals surface area contributed by atoms with Gasteiger partial charge in [0.2, 0.25) is 10.0 Å². The van der Waals surface area contributed by atoms with Crippen molar-refractivity contribution in [2.75, 3.05) is 13.1 Å². The Labute approximate surface area is 133 Å². The Kier molecular flexibility index (Phi) is 5.13. The molecule has 1 heterocycles. The Bertz CT molecular complexity index is 592. The van der Waals surface area contributed by atoms with Crippen LogP contribution in [0.4, 0.5) is 0 Å². The quantitative estimate of drug-likeness (QED) is 0.875. The van der Waals surface area contributed by atoms with Gasteiger partial charge in [0.25, 0.3) is 0 Å². The molecule has 1 saturated heterocycles. The summed E-state index contributed by atoms with van der Waals surface area (Å²) in [6, 6.07) is 4.82. The molecule has 2 atom stereocenters. The van der Waals surface area contributed by atoms with Crippen LogP contribution in [0.5, 0.6) is 0 Å². The minimum Gasteiger partial charge on any atom is -0.328 e. The monoisotopic (exact) mass is 380 g/mol. The molecule has 0 bridgehead atoms. The molecule has 20 heavy (non-hydrogen) atoms. The van der Waals surface area contributed by atoms with Crippen molar-refractivity contribution in [1.29, 1.82) is 0 Å². The summed E-state index contributed by atoms with van der Waals surface area (Å²) in [7, 11) is -3.55. The molecule has 1 aromatic rings. The number of halogens is 2. The van der Waals surface area contributed by atoms with Crippen LogP contribution >= 0.6 is 27.5 Å². The number of benzene rings is 1. The summed E-state index contributed by atoms with van der Waals surface area (Å²) < 4.78 is 27.6. The van der Waals surface area contributed by atoms with Gasteiger partial charge in [-0.1, -0.05) is 27.5 Å². The Morgan fingerprint density at radius 3 is 2.80 bits per heavy atom. The van der Waals surface area contributed by atoms with Crippen LogP contribution in [0.25, 0.3) is 0 Å². The summed E-state index contributed by atoms with van der Waals surface area (Å²) in [4.78, 5) is 0.160. The smallest absolute Gasteiger partial charge is 0.244 e. The molecule has 0 aliphatic carbocycles. The number of nitrogens with zero attached hydrogens (tertiary/aromatic N) is 1. The highest BCUT2D eigenvalue weighted by Gasteiger charge is 2.32. The van der Waals surface area contributed by atoms with Gasteiger partial charge >= 0.3 is 0 Å². The Balaban J connectivity index is 2.30. The predicted octanol–water partition coefficient (Wildman–Crippen LogP) is 2.85. The largest absolute Gasteiger partial charge is 0.328 e. The second-order valence-corrected chi connectivity index (χ2v) is 8.43. The highest BCUT2D eigenvalue weighted by molar-refractivity contribution is 9.10. The molecule has 2 rings (SSSR count). The standard InChI is InChI=1S/C13H18BrClN2O2S/c1-9(16)10-3-2-6-17(8-10)20(18,19)13-5-4-11(14)7-12(13)15/h4-5,7,9-10H,2-3,6,8,16H2,1H3. The first kappa shape index (κ1) is 16.2. The molecular formula is C13H18BrClN2O2S. The van der Waals surface area contributed by atoms with Crippen LogP contribution in [-0.2, 0) is 10.0 Å². The van der Waals surface area contributed by atoms with E-state index in [1.54, 1.807) is 12.1 Å². The van der Waals surface area contributed by atoms with Crippen molar-refractivity contribution in [3.63, 3.8) is 0 Å². The molecule has 1 fully saturated rings. The lowest BCUT2D eigenvalue weighted by Gasteiger charge is -2.33. The van der Waals surface area contributed by atoms with E-state index >= 15 is 0 Å². The fourth-order valence-electron chi connectivity index (χ4n) is 2.44. The number of piperidine rings is 1. The third kappa shape index (κ3) is 3.36. The van der Waals surface area contributed by atoms with Gasteiger partial charge in [-0.2, -0.15) is 4.31 Å². The van der Waals surface area contributed by atoms with Crippen LogP contribution in [-0.4, -0.2) is 31.9 Å². The van der Waals surface area contributed by atoms with Crippen molar-refractivity contribution in [3.05, 3.63) is 27.7 Å². The SMILES string of the molecule is CC(N)C1CCCN(S(=O)(=O)c2ccc(Br)cc2Cl)C1. The van der Waals surface area contributed by atoms with Gasteiger partial charge in [-0.15, -0.1) is 0 Å². The van der Waals surface area contributed by atoms with Gasteiger partial charge in [-0.25, -0.2) is 8.42 Å². The van der Waals surface area contributed by atoms with Gasteiger partial charge in [-0.3, -0.25) is 0 Å². The summed E-state index contributed by atoms with van der Waals surface area (Å²) in [6.07, 6.45) is 1.80. The summed E-state index contributed by atoms with van der Waals surface area (Å²) >= 11 is 9.35. The first-order valence-corrected chi connectivity index (χ1v) is 9.14. The zero-order valence-corrected chi connectivity index (χ0v) is 14.4. The number of sulfonamides is 1. The molecule has 1 aromatic carbocycles. The van der Waals surface area contributed by atoms with Crippen LogP contribution < -0.4 is 5.73 Å². The van der Waals surface area contributed by atoms with Crippen molar-refractivity contribution >= 4 is 37.6 Å². The van der Waals surface area contributed by atoms with Crippen LogP contribution in [0.2, 0.25) is 5.02 Å². The van der Waals surface area contributed by atoms with E-state index in [9.17, 15) is 8.42 Å². The first-order valence-electron chi connectivity index (χ1n) is 6.53. The molecule has 1 aliphatic heterocycles. The number of hydrogen-bond donors (Lipinski definition) is 1. The van der Waals surface area contributed by atoms with Crippen molar-refractivity contribution in [2.24, 2.45) is 11.7 Å². The lowest BCUT2D eigenvalue weighted by atomic mass is 9.93. The van der Waals surface area contributed by atoms with E-state index in [1.807, 2.05) is 6.92 Å². The molecule has 0 aromatic heterocycles. The minimum atomic E-state index is -3.55. The number of rotatable bonds is 3. The summed E-state index contributed by atoms with van der Waals surface area (Å²) in [6.45, 7) is 2.91. The van der Waals surface area contributed by atoms with Gasteiger partial charge in [0.15, 0.2) is 0 Å². The normalized spacial score (nSPS) is 22.7. The zero-order valence-electron chi connectivity index (χ0n) is 11.2. The number of hydrogen-bond acceptors (Lipinski definition) is 3. The van der Waals surface area contributed by atoms with Gasteiger partial charge in [-0.05, 0) is 43.9 Å². The maximum absolute atomic E-state index is 12.7. The average molecular weight is 382 g/mol. The molecular weight excluding hydrogens is 364 g/mol. The summed E-state index contributed by atoms with van der Waals surface area (Å²) in [5, 5.41) is 0.238. The fraction of sp³-hybridized carbons (Fsp3) is 0.538. The van der Waals surface area contributed by atoms with Gasteiger partial charge in [0.05, 0.1) is 5.02 Å². The maximum Gasteiger partial charge on any atom is 0.244 e. The highest BCUT2D eigenvalue weighted by Crippen LogP contribution is 2.30. The van der Waals surface area contributed by atoms with Crippen molar-refractivity contribution in [3.8, 4) is 0 Å². The summed E-state index contributed by atoms with van der Waals surface area (Å²) in [5.74, 6) is 0.202. The second kappa shape index (κ2) is 6.32. The molecule has 1 aliphatic rings. The molecule has 2 unspecified atom stereocenters. The topological polar surface area (TPSA) is 63.4 Å². The third-order valence-electron chi connectivity index (χ3n) is 3.68. The van der Waals surface area contributed by atoms with E-state index < -0.39 is 10.0 Å². The average Bonchev–Trinajstić information content (AvgIpc) is 2.38. The molecule has 7 heteroatoms. The molecule has 0 saturated carbocycles. The predicted molar refractivity (Wildman–Crippen MR) is 84.3 cm³/mol. The molecule has 4 nitrogen and oxygen atoms in total. The molecule has 2 N–H and O–H groups in total. The van der Waals surface area contributed by atoms with Crippen LogP contribution in [0.15, 0.2) is 27.6 Å². The van der Waals surface area contributed by atoms with Crippen molar-refractivity contribution < 1.29 is 8.42 Å². The van der Waals surface area contributed by atoms with Crippen LogP contribution in [0, 0.1) is 5.92 Å². The fourth-order valence-corrected chi connectivity index (χ4v) is 4.99. The first-order chi connectivity index (χ1) is 9.32.